The second kappa shape index (κ2) is 3.89. The Hall–Kier alpha value is -1.82. The highest BCUT2D eigenvalue weighted by atomic mass is 16.3. The van der Waals surface area contributed by atoms with Gasteiger partial charge in [0.25, 0.3) is 0 Å². The zero-order valence-corrected chi connectivity index (χ0v) is 9.68. The summed E-state index contributed by atoms with van der Waals surface area (Å²) in [6.45, 7) is 3.64. The van der Waals surface area contributed by atoms with Crippen LogP contribution in [0.2, 0.25) is 0 Å². The molecule has 0 saturated carbocycles. The fourth-order valence-electron chi connectivity index (χ4n) is 2.06. The van der Waals surface area contributed by atoms with Gasteiger partial charge < -0.3 is 15.1 Å². The maximum absolute atomic E-state index is 5.86. The molecule has 2 aromatic heterocycles. The number of nitrogens with two attached hydrogens (primary N) is 1. The number of anilines is 1. The average molecular weight is 233 g/mol. The van der Waals surface area contributed by atoms with E-state index in [1.807, 2.05) is 13.0 Å². The van der Waals surface area contributed by atoms with Crippen LogP contribution >= 0.6 is 0 Å². The Morgan fingerprint density at radius 1 is 1.59 bits per heavy atom. The first kappa shape index (κ1) is 10.3. The summed E-state index contributed by atoms with van der Waals surface area (Å²) in [6, 6.07) is 2.16. The van der Waals surface area contributed by atoms with Crippen LogP contribution < -0.4 is 10.6 Å². The van der Waals surface area contributed by atoms with E-state index in [1.165, 1.54) is 0 Å². The number of nitrogens with zero attached hydrogens (tertiary/aromatic N) is 3. The van der Waals surface area contributed by atoms with E-state index >= 15 is 0 Å². The number of hydrogen-bond donors (Lipinski definition) is 2. The Morgan fingerprint density at radius 2 is 2.47 bits per heavy atom. The number of hydrogen-bond acceptors (Lipinski definition) is 5. The highest BCUT2D eigenvalue weighted by Crippen LogP contribution is 2.21. The minimum absolute atomic E-state index is 0.230. The van der Waals surface area contributed by atoms with Gasteiger partial charge in [-0.3, -0.25) is 5.10 Å². The molecule has 0 aliphatic carbocycles. The smallest absolute Gasteiger partial charge is 0.245 e. The predicted octanol–water partition coefficient (Wildman–Crippen LogP) is 0.911. The second-order valence-electron chi connectivity index (χ2n) is 4.42. The summed E-state index contributed by atoms with van der Waals surface area (Å²) in [5.74, 6) is 2.31. The molecular formula is C11H15N5O. The molecule has 1 fully saturated rings. The lowest BCUT2D eigenvalue weighted by atomic mass is 10.3. The zero-order valence-electron chi connectivity index (χ0n) is 9.68. The van der Waals surface area contributed by atoms with Crippen LogP contribution in [0.5, 0.6) is 0 Å². The van der Waals surface area contributed by atoms with Crippen molar-refractivity contribution in [1.29, 1.82) is 0 Å². The summed E-state index contributed by atoms with van der Waals surface area (Å²) in [5.41, 5.74) is 6.78. The van der Waals surface area contributed by atoms with E-state index in [4.69, 9.17) is 10.2 Å². The largest absolute Gasteiger partial charge is 0.469 e. The van der Waals surface area contributed by atoms with Gasteiger partial charge >= 0.3 is 0 Å². The van der Waals surface area contributed by atoms with Gasteiger partial charge in [-0.25, -0.2) is 0 Å². The number of aryl methyl sites for hydroxylation is 1. The van der Waals surface area contributed by atoms with E-state index < -0.39 is 0 Å². The van der Waals surface area contributed by atoms with Crippen LogP contribution in [0, 0.1) is 6.92 Å². The molecule has 6 heteroatoms. The monoisotopic (exact) mass is 233 g/mol. The molecule has 1 unspecified atom stereocenters. The third-order valence-electron chi connectivity index (χ3n) is 2.99. The normalized spacial score (nSPS) is 20.1. The van der Waals surface area contributed by atoms with Crippen molar-refractivity contribution in [2.45, 2.75) is 19.4 Å². The van der Waals surface area contributed by atoms with Gasteiger partial charge in [-0.2, -0.15) is 4.98 Å². The van der Waals surface area contributed by atoms with Gasteiger partial charge in [0.05, 0.1) is 5.56 Å². The quantitative estimate of drug-likeness (QED) is 0.805. The molecule has 3 heterocycles. The van der Waals surface area contributed by atoms with Crippen molar-refractivity contribution in [3.63, 3.8) is 0 Å². The summed E-state index contributed by atoms with van der Waals surface area (Å²) in [7, 11) is 0. The van der Waals surface area contributed by atoms with Crippen LogP contribution in [-0.4, -0.2) is 34.3 Å². The Labute approximate surface area is 98.8 Å². The third kappa shape index (κ3) is 1.91. The molecule has 1 aliphatic rings. The number of aromatic amines is 1. The molecule has 6 nitrogen and oxygen atoms in total. The van der Waals surface area contributed by atoms with Gasteiger partial charge in [0.15, 0.2) is 5.82 Å². The first-order valence-corrected chi connectivity index (χ1v) is 5.71. The average Bonchev–Trinajstić information content (AvgIpc) is 2.96. The Kier molecular flexibility index (Phi) is 2.36. The topological polar surface area (TPSA) is 84.0 Å². The number of furan rings is 1. The van der Waals surface area contributed by atoms with Crippen molar-refractivity contribution in [3.05, 3.63) is 18.1 Å². The van der Waals surface area contributed by atoms with Crippen molar-refractivity contribution in [1.82, 2.24) is 15.2 Å². The predicted molar refractivity (Wildman–Crippen MR) is 63.6 cm³/mol. The molecule has 17 heavy (non-hydrogen) atoms. The minimum atomic E-state index is 0.230. The van der Waals surface area contributed by atoms with Crippen molar-refractivity contribution in [2.24, 2.45) is 5.73 Å². The van der Waals surface area contributed by atoms with Gasteiger partial charge in [-0.15, -0.1) is 5.10 Å². The van der Waals surface area contributed by atoms with E-state index in [2.05, 4.69) is 20.1 Å². The van der Waals surface area contributed by atoms with Gasteiger partial charge in [0.2, 0.25) is 5.95 Å². The molecule has 0 spiro atoms. The van der Waals surface area contributed by atoms with E-state index in [1.54, 1.807) is 6.26 Å². The van der Waals surface area contributed by atoms with Crippen molar-refractivity contribution >= 4 is 5.95 Å². The maximum Gasteiger partial charge on any atom is 0.245 e. The molecule has 0 bridgehead atoms. The molecule has 90 valence electrons. The van der Waals surface area contributed by atoms with E-state index in [-0.39, 0.29) is 6.04 Å². The summed E-state index contributed by atoms with van der Waals surface area (Å²) in [6.07, 6.45) is 2.67. The third-order valence-corrected chi connectivity index (χ3v) is 2.99. The van der Waals surface area contributed by atoms with Crippen LogP contribution in [-0.2, 0) is 0 Å². The van der Waals surface area contributed by atoms with E-state index in [0.29, 0.717) is 5.95 Å². The minimum Gasteiger partial charge on any atom is -0.469 e. The number of H-pyrrole nitrogens is 1. The second-order valence-corrected chi connectivity index (χ2v) is 4.42. The standard InChI is InChI=1S/C11H15N5O/c1-7-4-8(6-17-7)10-13-11(15-14-10)16-3-2-9(12)5-16/h4,6,9H,2-3,5,12H2,1H3,(H,13,14,15). The zero-order chi connectivity index (χ0) is 11.8. The van der Waals surface area contributed by atoms with E-state index in [9.17, 15) is 0 Å². The van der Waals surface area contributed by atoms with Crippen LogP contribution in [0.3, 0.4) is 0 Å². The molecule has 2 aromatic rings. The summed E-state index contributed by atoms with van der Waals surface area (Å²) >= 11 is 0. The molecule has 0 amide bonds. The Balaban J connectivity index is 1.83. The van der Waals surface area contributed by atoms with Gasteiger partial charge in [-0.1, -0.05) is 0 Å². The first-order chi connectivity index (χ1) is 8.22. The Bertz CT molecular complexity index is 517. The summed E-state index contributed by atoms with van der Waals surface area (Å²) in [4.78, 5) is 6.55. The molecule has 1 aliphatic heterocycles. The fourth-order valence-corrected chi connectivity index (χ4v) is 2.06. The summed E-state index contributed by atoms with van der Waals surface area (Å²) < 4.78 is 5.25. The number of rotatable bonds is 2. The van der Waals surface area contributed by atoms with Gasteiger partial charge in [-0.05, 0) is 19.4 Å². The van der Waals surface area contributed by atoms with Crippen LogP contribution in [0.4, 0.5) is 5.95 Å². The molecule has 1 atom stereocenters. The first-order valence-electron chi connectivity index (χ1n) is 5.71. The lowest BCUT2D eigenvalue weighted by Gasteiger charge is -2.11. The van der Waals surface area contributed by atoms with Crippen molar-refractivity contribution < 1.29 is 4.42 Å². The molecule has 0 aromatic carbocycles. The highest BCUT2D eigenvalue weighted by Gasteiger charge is 2.22. The molecule has 1 saturated heterocycles. The molecule has 3 rings (SSSR count). The highest BCUT2D eigenvalue weighted by molar-refractivity contribution is 5.55. The molecular weight excluding hydrogens is 218 g/mol. The maximum atomic E-state index is 5.86. The Morgan fingerprint density at radius 3 is 3.12 bits per heavy atom. The van der Waals surface area contributed by atoms with Crippen molar-refractivity contribution in [3.8, 4) is 11.4 Å². The van der Waals surface area contributed by atoms with Crippen molar-refractivity contribution in [2.75, 3.05) is 18.0 Å². The molecule has 3 N–H and O–H groups in total. The van der Waals surface area contributed by atoms with Crippen LogP contribution in [0.15, 0.2) is 16.7 Å². The lowest BCUT2D eigenvalue weighted by Crippen LogP contribution is -2.26. The van der Waals surface area contributed by atoms with E-state index in [0.717, 1.165) is 36.7 Å². The van der Waals surface area contributed by atoms with Crippen LogP contribution in [0.25, 0.3) is 11.4 Å². The van der Waals surface area contributed by atoms with Gasteiger partial charge in [0, 0.05) is 19.1 Å². The van der Waals surface area contributed by atoms with Crippen LogP contribution in [0.1, 0.15) is 12.2 Å². The van der Waals surface area contributed by atoms with Gasteiger partial charge in [0.1, 0.15) is 12.0 Å². The SMILES string of the molecule is Cc1cc(-c2nc(N3CCC(N)C3)n[nH]2)co1. The number of nitrogens with one attached hydrogen (secondary N) is 1. The fraction of sp³-hybridized carbons (Fsp3) is 0.455. The summed E-state index contributed by atoms with van der Waals surface area (Å²) in [5, 5.41) is 7.13. The number of aromatic nitrogens is 3. The molecule has 0 radical (unpaired) electrons. The lowest BCUT2D eigenvalue weighted by molar-refractivity contribution is 0.534.